The third-order valence-corrected chi connectivity index (χ3v) is 11.1. The molecular formula is C38H40Cl2N10O5S. The maximum Gasteiger partial charge on any atom is 0.325 e. The summed E-state index contributed by atoms with van der Waals surface area (Å²) in [5.74, 6) is 2.20. The van der Waals surface area contributed by atoms with Crippen LogP contribution in [-0.2, 0) is 14.3 Å². The molecule has 0 bridgehead atoms. The van der Waals surface area contributed by atoms with Crippen LogP contribution in [0.4, 0.5) is 5.82 Å². The molecule has 1 aliphatic rings. The first kappa shape index (κ1) is 39.1. The lowest BCUT2D eigenvalue weighted by Crippen LogP contribution is -2.29. The number of thiophene rings is 1. The van der Waals surface area contributed by atoms with Gasteiger partial charge in [-0.2, -0.15) is 4.98 Å². The number of aromatic nitrogens is 7. The minimum atomic E-state index is -0.550. The number of aliphatic imine (C=N–C) groups is 1. The molecule has 6 heterocycles. The molecule has 3 N–H and O–H groups in total. The van der Waals surface area contributed by atoms with E-state index in [-0.39, 0.29) is 18.0 Å². The van der Waals surface area contributed by atoms with Gasteiger partial charge in [0, 0.05) is 41.2 Å². The summed E-state index contributed by atoms with van der Waals surface area (Å²) < 4.78 is 19.1. The number of carbonyl (C=O) groups excluding carboxylic acids is 1. The number of methoxy groups -OCH3 is 1. The summed E-state index contributed by atoms with van der Waals surface area (Å²) >= 11 is 14.4. The molecular weight excluding hydrogens is 779 g/mol. The SMILES string of the molecule is COc1nc(N(C)CCOCCOCCNC(=O)CC2N=C(c3ccc(Cl)cc3)c3c(sc(C)c3C)-n3c(C)nnc32)ccc1-c1nc2[nH]c(=O)[nH]c2cc1Cl. The Kier molecular flexibility index (Phi) is 11.8. The third-order valence-electron chi connectivity index (χ3n) is 9.39. The average Bonchev–Trinajstić information content (AvgIpc) is 3.81. The number of hydrogen-bond donors (Lipinski definition) is 3. The number of nitrogens with zero attached hydrogens (tertiary/aromatic N) is 7. The fourth-order valence-electron chi connectivity index (χ4n) is 6.39. The van der Waals surface area contributed by atoms with Crippen LogP contribution < -0.4 is 20.6 Å². The van der Waals surface area contributed by atoms with Crippen LogP contribution in [0.15, 0.2) is 52.3 Å². The molecule has 1 aliphatic heterocycles. The van der Waals surface area contributed by atoms with Gasteiger partial charge in [-0.15, -0.1) is 21.5 Å². The van der Waals surface area contributed by atoms with E-state index < -0.39 is 6.04 Å². The van der Waals surface area contributed by atoms with Gasteiger partial charge in [-0.25, -0.2) is 9.78 Å². The zero-order chi connectivity index (χ0) is 39.5. The summed E-state index contributed by atoms with van der Waals surface area (Å²) in [6.45, 7) is 8.50. The smallest absolute Gasteiger partial charge is 0.325 e. The Morgan fingerprint density at radius 3 is 2.54 bits per heavy atom. The number of ether oxygens (including phenoxy) is 3. The lowest BCUT2D eigenvalue weighted by atomic mass is 9.99. The number of pyridine rings is 2. The van der Waals surface area contributed by atoms with Crippen LogP contribution in [0, 0.1) is 20.8 Å². The van der Waals surface area contributed by atoms with E-state index in [0.29, 0.717) is 89.5 Å². The van der Waals surface area contributed by atoms with Crippen LogP contribution in [0.5, 0.6) is 5.88 Å². The molecule has 0 spiro atoms. The molecule has 0 radical (unpaired) electrons. The number of fused-ring (bicyclic) bond motifs is 4. The highest BCUT2D eigenvalue weighted by atomic mass is 35.5. The second-order valence-corrected chi connectivity index (χ2v) is 15.2. The van der Waals surface area contributed by atoms with Crippen molar-refractivity contribution in [2.45, 2.75) is 33.2 Å². The molecule has 7 rings (SSSR count). The van der Waals surface area contributed by atoms with Gasteiger partial charge in [-0.05, 0) is 56.7 Å². The number of amides is 1. The van der Waals surface area contributed by atoms with Crippen molar-refractivity contribution in [3.63, 3.8) is 0 Å². The van der Waals surface area contributed by atoms with Gasteiger partial charge in [0.2, 0.25) is 11.8 Å². The topological polar surface area (TPSA) is 178 Å². The number of likely N-dealkylation sites (N-methyl/N-ethyl adjacent to an activating group) is 1. The van der Waals surface area contributed by atoms with E-state index >= 15 is 0 Å². The monoisotopic (exact) mass is 818 g/mol. The zero-order valence-electron chi connectivity index (χ0n) is 31.4. The summed E-state index contributed by atoms with van der Waals surface area (Å²) in [4.78, 5) is 47.6. The maximum absolute atomic E-state index is 13.2. The van der Waals surface area contributed by atoms with Crippen LogP contribution in [0.25, 0.3) is 27.4 Å². The summed E-state index contributed by atoms with van der Waals surface area (Å²) in [7, 11) is 3.42. The minimum absolute atomic E-state index is 0.0955. The van der Waals surface area contributed by atoms with Gasteiger partial charge in [-0.1, -0.05) is 35.3 Å². The number of nitrogens with one attached hydrogen (secondary N) is 3. The van der Waals surface area contributed by atoms with E-state index in [1.165, 1.54) is 12.0 Å². The standard InChI is InChI=1S/C38H40Cl2N10O5S/c1-20-21(2)56-37-31(20)32(23-6-8-24(39)9-7-23)42-28(35-48-47-22(3)50(35)37)19-30(51)41-12-14-54-16-17-55-15-13-49(4)29-11-10-25(36(44-29)53-5)33-26(40)18-27-34(45-33)46-38(52)43-27/h6-11,18,28H,12-17,19H2,1-5H3,(H,41,51)(H2,43,45,46,52). The molecule has 6 aromatic rings. The molecule has 1 atom stereocenters. The molecule has 1 unspecified atom stereocenters. The molecule has 5 aromatic heterocycles. The van der Waals surface area contributed by atoms with E-state index in [4.69, 9.17) is 42.4 Å². The van der Waals surface area contributed by atoms with E-state index in [9.17, 15) is 9.59 Å². The predicted octanol–water partition coefficient (Wildman–Crippen LogP) is 5.76. The van der Waals surface area contributed by atoms with Crippen molar-refractivity contribution in [2.24, 2.45) is 4.99 Å². The van der Waals surface area contributed by atoms with Crippen LogP contribution in [0.3, 0.4) is 0 Å². The van der Waals surface area contributed by atoms with Gasteiger partial charge >= 0.3 is 5.69 Å². The lowest BCUT2D eigenvalue weighted by molar-refractivity contribution is -0.121. The molecule has 0 fully saturated rings. The van der Waals surface area contributed by atoms with Crippen molar-refractivity contribution in [2.75, 3.05) is 58.6 Å². The number of benzene rings is 1. The van der Waals surface area contributed by atoms with E-state index in [1.807, 2.05) is 59.8 Å². The number of rotatable bonds is 15. The number of carbonyl (C=O) groups is 1. The highest BCUT2D eigenvalue weighted by molar-refractivity contribution is 7.15. The van der Waals surface area contributed by atoms with Gasteiger partial charge in [0.1, 0.15) is 22.7 Å². The van der Waals surface area contributed by atoms with Crippen molar-refractivity contribution in [3.05, 3.63) is 96.2 Å². The first-order valence-corrected chi connectivity index (χ1v) is 19.4. The first-order valence-electron chi connectivity index (χ1n) is 17.9. The lowest BCUT2D eigenvalue weighted by Gasteiger charge is -2.19. The Morgan fingerprint density at radius 2 is 1.77 bits per heavy atom. The second-order valence-electron chi connectivity index (χ2n) is 13.1. The number of H-pyrrole nitrogens is 2. The average molecular weight is 820 g/mol. The number of halogens is 2. The highest BCUT2D eigenvalue weighted by Crippen LogP contribution is 2.40. The molecule has 1 aromatic carbocycles. The molecule has 15 nitrogen and oxygen atoms in total. The van der Waals surface area contributed by atoms with Crippen molar-refractivity contribution in [1.82, 2.24) is 40.0 Å². The Bertz CT molecular complexity index is 2470. The largest absolute Gasteiger partial charge is 0.480 e. The fraction of sp³-hybridized carbons (Fsp3) is 0.342. The highest BCUT2D eigenvalue weighted by Gasteiger charge is 2.32. The number of aryl methyl sites for hydroxylation is 2. The third kappa shape index (κ3) is 8.20. The molecule has 1 amide bonds. The van der Waals surface area contributed by atoms with Gasteiger partial charge in [-0.3, -0.25) is 19.3 Å². The van der Waals surface area contributed by atoms with Crippen LogP contribution in [0.2, 0.25) is 10.0 Å². The first-order chi connectivity index (χ1) is 27.0. The molecule has 56 heavy (non-hydrogen) atoms. The van der Waals surface area contributed by atoms with Crippen molar-refractivity contribution in [3.8, 4) is 22.1 Å². The summed E-state index contributed by atoms with van der Waals surface area (Å²) in [5.41, 5.74) is 5.42. The quantitative estimate of drug-likeness (QED) is 0.108. The van der Waals surface area contributed by atoms with E-state index in [0.717, 1.165) is 33.2 Å². The summed E-state index contributed by atoms with van der Waals surface area (Å²) in [6, 6.07) is 12.3. The number of anilines is 1. The normalized spacial score (nSPS) is 13.6. The van der Waals surface area contributed by atoms with Crippen molar-refractivity contribution < 1.29 is 19.0 Å². The maximum atomic E-state index is 13.2. The van der Waals surface area contributed by atoms with Crippen LogP contribution in [0.1, 0.15) is 45.7 Å². The summed E-state index contributed by atoms with van der Waals surface area (Å²) in [5, 5.41) is 13.8. The summed E-state index contributed by atoms with van der Waals surface area (Å²) in [6.07, 6.45) is 0.0955. The predicted molar refractivity (Wildman–Crippen MR) is 217 cm³/mol. The molecule has 0 saturated heterocycles. The number of aromatic amines is 2. The second kappa shape index (κ2) is 16.9. The number of imidazole rings is 1. The zero-order valence-corrected chi connectivity index (χ0v) is 33.7. The van der Waals surface area contributed by atoms with Gasteiger partial charge in [0.15, 0.2) is 11.5 Å². The van der Waals surface area contributed by atoms with Crippen molar-refractivity contribution >= 4 is 63.1 Å². The molecule has 18 heteroatoms. The molecule has 0 aliphatic carbocycles. The van der Waals surface area contributed by atoms with Gasteiger partial charge in [0.25, 0.3) is 0 Å². The van der Waals surface area contributed by atoms with E-state index in [1.54, 1.807) is 17.4 Å². The Labute approximate surface area is 336 Å². The van der Waals surface area contributed by atoms with Gasteiger partial charge < -0.3 is 29.4 Å². The molecule has 292 valence electrons. The minimum Gasteiger partial charge on any atom is -0.480 e. The number of hydrogen-bond acceptors (Lipinski definition) is 12. The Morgan fingerprint density at radius 1 is 1.00 bits per heavy atom. The van der Waals surface area contributed by atoms with Crippen LogP contribution in [-0.4, -0.2) is 100.0 Å². The van der Waals surface area contributed by atoms with E-state index in [2.05, 4.69) is 49.3 Å². The Balaban J connectivity index is 0.873. The van der Waals surface area contributed by atoms with Gasteiger partial charge in [0.05, 0.1) is 67.5 Å². The van der Waals surface area contributed by atoms with Crippen LogP contribution >= 0.6 is 34.5 Å². The Hall–Kier alpha value is -5.13. The molecule has 0 saturated carbocycles. The van der Waals surface area contributed by atoms with Crippen molar-refractivity contribution in [1.29, 1.82) is 0 Å². The fourth-order valence-corrected chi connectivity index (χ4v) is 7.98.